The molecule has 1 aromatic heterocycles. The van der Waals surface area contributed by atoms with Crippen molar-refractivity contribution in [2.75, 3.05) is 10.6 Å². The maximum absolute atomic E-state index is 13.0. The maximum Gasteiger partial charge on any atom is 0.255 e. The number of aromatic nitrogens is 1. The number of nitrogens with one attached hydrogen (secondary N) is 3. The molecule has 7 heteroatoms. The van der Waals surface area contributed by atoms with Gasteiger partial charge in [-0.3, -0.25) is 9.59 Å². The van der Waals surface area contributed by atoms with Crippen LogP contribution >= 0.6 is 11.3 Å². The van der Waals surface area contributed by atoms with Crippen LogP contribution < -0.4 is 16.0 Å². The van der Waals surface area contributed by atoms with Gasteiger partial charge >= 0.3 is 0 Å². The molecule has 3 N–H and O–H groups in total. The number of hydrogen-bond donors (Lipinski definition) is 3. The molecule has 4 atom stereocenters. The standard InChI is InChI=1S/C22H26N4O2S/c1-3-17-12(2)29-21(23-17)24-19(27)16-10-14-9-8-13(16)11-22(14)25-18-7-5-4-6-15(18)20(28)26-22/h4-7,13-14,16,25H,3,8-11H2,1-2H3,(H,26,28)(H,23,24,27)/t13-,14-,16-,22-/m1/s1. The van der Waals surface area contributed by atoms with E-state index in [-0.39, 0.29) is 29.6 Å². The van der Waals surface area contributed by atoms with Crippen LogP contribution in [0.25, 0.3) is 0 Å². The molecule has 6 rings (SSSR count). The zero-order valence-electron chi connectivity index (χ0n) is 16.7. The van der Waals surface area contributed by atoms with E-state index in [1.165, 1.54) is 4.88 Å². The topological polar surface area (TPSA) is 83.1 Å². The van der Waals surface area contributed by atoms with Gasteiger partial charge in [0.15, 0.2) is 5.13 Å². The molecular formula is C22H26N4O2S. The lowest BCUT2D eigenvalue weighted by Gasteiger charge is -2.56. The number of anilines is 2. The summed E-state index contributed by atoms with van der Waals surface area (Å²) in [6.07, 6.45) is 4.51. The summed E-state index contributed by atoms with van der Waals surface area (Å²) in [6.45, 7) is 4.13. The van der Waals surface area contributed by atoms with Gasteiger partial charge < -0.3 is 16.0 Å². The monoisotopic (exact) mass is 410 g/mol. The van der Waals surface area contributed by atoms with Gasteiger partial charge in [-0.05, 0) is 57.1 Å². The highest BCUT2D eigenvalue weighted by atomic mass is 32.1. The van der Waals surface area contributed by atoms with Crippen molar-refractivity contribution in [2.24, 2.45) is 17.8 Å². The van der Waals surface area contributed by atoms with Crippen LogP contribution in [-0.2, 0) is 11.2 Å². The first-order valence-electron chi connectivity index (χ1n) is 10.5. The summed E-state index contributed by atoms with van der Waals surface area (Å²) >= 11 is 1.55. The van der Waals surface area contributed by atoms with Gasteiger partial charge in [-0.2, -0.15) is 0 Å². The molecule has 1 aliphatic heterocycles. The summed E-state index contributed by atoms with van der Waals surface area (Å²) in [5.74, 6) is 0.533. The predicted molar refractivity (Wildman–Crippen MR) is 114 cm³/mol. The lowest BCUT2D eigenvalue weighted by molar-refractivity contribution is -0.126. The number of thiazole rings is 1. The van der Waals surface area contributed by atoms with Crippen molar-refractivity contribution in [1.82, 2.24) is 10.3 Å². The average Bonchev–Trinajstić information content (AvgIpc) is 3.07. The van der Waals surface area contributed by atoms with Crippen LogP contribution in [0.2, 0.25) is 0 Å². The van der Waals surface area contributed by atoms with E-state index in [4.69, 9.17) is 0 Å². The van der Waals surface area contributed by atoms with Gasteiger partial charge in [0.1, 0.15) is 5.66 Å². The third-order valence-electron chi connectivity index (χ3n) is 6.93. The number of hydrogen-bond acceptors (Lipinski definition) is 5. The number of para-hydroxylation sites is 1. The van der Waals surface area contributed by atoms with Gasteiger partial charge in [0, 0.05) is 22.4 Å². The van der Waals surface area contributed by atoms with Gasteiger partial charge in [-0.15, -0.1) is 11.3 Å². The van der Waals surface area contributed by atoms with Crippen LogP contribution in [0.5, 0.6) is 0 Å². The molecule has 3 fully saturated rings. The molecule has 3 aliphatic carbocycles. The van der Waals surface area contributed by atoms with Gasteiger partial charge in [0.05, 0.1) is 11.3 Å². The van der Waals surface area contributed by atoms with Gasteiger partial charge in [0.25, 0.3) is 5.91 Å². The van der Waals surface area contributed by atoms with Crippen molar-refractivity contribution < 1.29 is 9.59 Å². The smallest absolute Gasteiger partial charge is 0.255 e. The van der Waals surface area contributed by atoms with Crippen molar-refractivity contribution in [3.05, 3.63) is 40.4 Å². The molecule has 1 aromatic carbocycles. The zero-order chi connectivity index (χ0) is 20.2. The number of fused-ring (bicyclic) bond motifs is 3. The first-order valence-corrected chi connectivity index (χ1v) is 11.3. The van der Waals surface area contributed by atoms with Crippen molar-refractivity contribution in [1.29, 1.82) is 0 Å². The molecule has 2 amide bonds. The second kappa shape index (κ2) is 6.83. The summed E-state index contributed by atoms with van der Waals surface area (Å²) in [5.41, 5.74) is 2.22. The largest absolute Gasteiger partial charge is 0.362 e. The van der Waals surface area contributed by atoms with Crippen molar-refractivity contribution in [3.63, 3.8) is 0 Å². The predicted octanol–water partition coefficient (Wildman–Crippen LogP) is 3.94. The number of carbonyl (C=O) groups is 2. The highest BCUT2D eigenvalue weighted by molar-refractivity contribution is 7.15. The molecule has 0 saturated heterocycles. The van der Waals surface area contributed by atoms with Crippen LogP contribution in [0.4, 0.5) is 10.8 Å². The molecule has 1 spiro atoms. The van der Waals surface area contributed by atoms with E-state index in [2.05, 4.69) is 27.9 Å². The second-order valence-electron chi connectivity index (χ2n) is 8.54. The van der Waals surface area contributed by atoms with E-state index in [9.17, 15) is 9.59 Å². The number of aryl methyl sites for hydroxylation is 2. The molecule has 2 aromatic rings. The van der Waals surface area contributed by atoms with E-state index in [0.29, 0.717) is 10.7 Å². The zero-order valence-corrected chi connectivity index (χ0v) is 17.6. The maximum atomic E-state index is 13.0. The van der Waals surface area contributed by atoms with Crippen molar-refractivity contribution in [3.8, 4) is 0 Å². The van der Waals surface area contributed by atoms with Crippen molar-refractivity contribution in [2.45, 2.75) is 51.6 Å². The molecule has 2 heterocycles. The summed E-state index contributed by atoms with van der Waals surface area (Å²) in [5, 5.41) is 10.7. The number of rotatable bonds is 3. The van der Waals surface area contributed by atoms with E-state index in [1.54, 1.807) is 11.3 Å². The Hall–Kier alpha value is -2.41. The Labute approximate surface area is 174 Å². The van der Waals surface area contributed by atoms with E-state index >= 15 is 0 Å². The fourth-order valence-corrected chi connectivity index (χ4v) is 6.38. The molecule has 0 radical (unpaired) electrons. The Balaban J connectivity index is 1.34. The average molecular weight is 411 g/mol. The van der Waals surface area contributed by atoms with E-state index in [0.717, 1.165) is 43.5 Å². The summed E-state index contributed by atoms with van der Waals surface area (Å²) in [7, 11) is 0. The minimum Gasteiger partial charge on any atom is -0.362 e. The Morgan fingerprint density at radius 1 is 1.31 bits per heavy atom. The van der Waals surface area contributed by atoms with Gasteiger partial charge in [0.2, 0.25) is 5.91 Å². The van der Waals surface area contributed by atoms with Crippen LogP contribution in [0.1, 0.15) is 53.5 Å². The van der Waals surface area contributed by atoms with Crippen LogP contribution in [0, 0.1) is 24.7 Å². The third-order valence-corrected chi connectivity index (χ3v) is 7.86. The first kappa shape index (κ1) is 18.6. The molecule has 29 heavy (non-hydrogen) atoms. The van der Waals surface area contributed by atoms with Crippen LogP contribution in [0.3, 0.4) is 0 Å². The van der Waals surface area contributed by atoms with E-state index < -0.39 is 5.66 Å². The highest BCUT2D eigenvalue weighted by Gasteiger charge is 2.55. The normalized spacial score (nSPS) is 29.9. The first-order chi connectivity index (χ1) is 14.0. The third kappa shape index (κ3) is 3.03. The molecule has 6 nitrogen and oxygen atoms in total. The lowest BCUT2D eigenvalue weighted by atomic mass is 9.58. The molecular weight excluding hydrogens is 384 g/mol. The number of benzene rings is 1. The summed E-state index contributed by atoms with van der Waals surface area (Å²) in [4.78, 5) is 31.5. The molecule has 0 unspecified atom stereocenters. The highest BCUT2D eigenvalue weighted by Crippen LogP contribution is 2.52. The minimum absolute atomic E-state index is 0.0155. The number of carbonyl (C=O) groups excluding carboxylic acids is 2. The molecule has 152 valence electrons. The Morgan fingerprint density at radius 3 is 2.86 bits per heavy atom. The lowest BCUT2D eigenvalue weighted by Crippen LogP contribution is -2.67. The van der Waals surface area contributed by atoms with E-state index in [1.807, 2.05) is 31.2 Å². The Morgan fingerprint density at radius 2 is 2.14 bits per heavy atom. The Bertz CT molecular complexity index is 987. The fraction of sp³-hybridized carbons (Fsp3) is 0.500. The van der Waals surface area contributed by atoms with Gasteiger partial charge in [-0.25, -0.2) is 4.98 Å². The minimum atomic E-state index is -0.432. The van der Waals surface area contributed by atoms with Crippen LogP contribution in [-0.4, -0.2) is 22.5 Å². The molecule has 3 saturated carbocycles. The quantitative estimate of drug-likeness (QED) is 0.716. The number of amides is 2. The summed E-state index contributed by atoms with van der Waals surface area (Å²) < 4.78 is 0. The molecule has 4 aliphatic rings. The number of nitrogens with zero attached hydrogens (tertiary/aromatic N) is 1. The van der Waals surface area contributed by atoms with Crippen molar-refractivity contribution >= 4 is 34.0 Å². The second-order valence-corrected chi connectivity index (χ2v) is 9.74. The fourth-order valence-electron chi connectivity index (χ4n) is 5.47. The Kier molecular flexibility index (Phi) is 4.38. The SMILES string of the molecule is CCc1nc(NC(=O)[C@@H]2C[C@H]3CC[C@@H]2C[C@@]32NC(=O)c3ccccc3N2)sc1C. The van der Waals surface area contributed by atoms with Crippen LogP contribution in [0.15, 0.2) is 24.3 Å². The summed E-state index contributed by atoms with van der Waals surface area (Å²) in [6, 6.07) is 7.66. The molecule has 2 bridgehead atoms. The van der Waals surface area contributed by atoms with Gasteiger partial charge in [-0.1, -0.05) is 19.1 Å².